The Bertz CT molecular complexity index is 517. The van der Waals surface area contributed by atoms with E-state index in [2.05, 4.69) is 36.2 Å². The van der Waals surface area contributed by atoms with Gasteiger partial charge in [0.15, 0.2) is 0 Å². The van der Waals surface area contributed by atoms with Crippen LogP contribution in [0.1, 0.15) is 30.5 Å². The van der Waals surface area contributed by atoms with E-state index >= 15 is 0 Å². The highest BCUT2D eigenvalue weighted by Crippen LogP contribution is 2.32. The minimum Gasteiger partial charge on any atom is -0.388 e. The molecule has 1 aromatic heterocycles. The standard InChI is InChI=1S/C14H17NOS2/c1-4-17-12-7-5-11(6-8-12)14-15-9(2)13(18-14)10(3)16/h5-8,10,16H,4H2,1-3H3. The van der Waals surface area contributed by atoms with Crippen LogP contribution in [0.4, 0.5) is 0 Å². The summed E-state index contributed by atoms with van der Waals surface area (Å²) in [5.74, 6) is 1.09. The van der Waals surface area contributed by atoms with Crippen molar-refractivity contribution >= 4 is 23.1 Å². The van der Waals surface area contributed by atoms with Crippen molar-refractivity contribution in [2.24, 2.45) is 0 Å². The third kappa shape index (κ3) is 2.94. The minimum absolute atomic E-state index is 0.439. The van der Waals surface area contributed by atoms with Gasteiger partial charge in [-0.05, 0) is 31.7 Å². The summed E-state index contributed by atoms with van der Waals surface area (Å²) in [5, 5.41) is 10.6. The molecule has 18 heavy (non-hydrogen) atoms. The van der Waals surface area contributed by atoms with Crippen molar-refractivity contribution in [2.75, 3.05) is 5.75 Å². The monoisotopic (exact) mass is 279 g/mol. The molecule has 0 aliphatic rings. The molecule has 0 saturated heterocycles. The van der Waals surface area contributed by atoms with E-state index in [1.165, 1.54) is 4.90 Å². The first-order chi connectivity index (χ1) is 8.61. The molecule has 0 bridgehead atoms. The molecule has 2 rings (SSSR count). The summed E-state index contributed by atoms with van der Waals surface area (Å²) < 4.78 is 0. The molecule has 0 fully saturated rings. The van der Waals surface area contributed by atoms with E-state index in [0.29, 0.717) is 0 Å². The van der Waals surface area contributed by atoms with Gasteiger partial charge in [-0.15, -0.1) is 23.1 Å². The number of aryl methyl sites for hydroxylation is 1. The molecule has 1 unspecified atom stereocenters. The van der Waals surface area contributed by atoms with Gasteiger partial charge >= 0.3 is 0 Å². The maximum atomic E-state index is 9.65. The highest BCUT2D eigenvalue weighted by Gasteiger charge is 2.12. The second-order valence-corrected chi connectivity index (χ2v) is 6.47. The van der Waals surface area contributed by atoms with Gasteiger partial charge in [0.2, 0.25) is 0 Å². The number of rotatable bonds is 4. The van der Waals surface area contributed by atoms with E-state index in [0.717, 1.165) is 26.9 Å². The largest absolute Gasteiger partial charge is 0.388 e. The summed E-state index contributed by atoms with van der Waals surface area (Å²) in [6.45, 7) is 5.88. The quantitative estimate of drug-likeness (QED) is 0.848. The number of hydrogen-bond donors (Lipinski definition) is 1. The van der Waals surface area contributed by atoms with Crippen molar-refractivity contribution in [3.8, 4) is 10.6 Å². The number of aromatic nitrogens is 1. The highest BCUT2D eigenvalue weighted by atomic mass is 32.2. The first-order valence-electron chi connectivity index (χ1n) is 6.00. The molecular formula is C14H17NOS2. The Kier molecular flexibility index (Phi) is 4.43. The van der Waals surface area contributed by atoms with Crippen molar-refractivity contribution in [3.63, 3.8) is 0 Å². The molecule has 96 valence electrons. The van der Waals surface area contributed by atoms with Gasteiger partial charge in [-0.3, -0.25) is 0 Å². The second-order valence-electron chi connectivity index (χ2n) is 4.10. The van der Waals surface area contributed by atoms with Crippen LogP contribution in [-0.4, -0.2) is 15.8 Å². The number of hydrogen-bond acceptors (Lipinski definition) is 4. The topological polar surface area (TPSA) is 33.1 Å². The Morgan fingerprint density at radius 3 is 2.50 bits per heavy atom. The van der Waals surface area contributed by atoms with Gasteiger partial charge in [-0.25, -0.2) is 4.98 Å². The molecule has 0 amide bonds. The van der Waals surface area contributed by atoms with E-state index in [4.69, 9.17) is 0 Å². The first kappa shape index (κ1) is 13.6. The van der Waals surface area contributed by atoms with Crippen molar-refractivity contribution in [3.05, 3.63) is 34.8 Å². The lowest BCUT2D eigenvalue weighted by molar-refractivity contribution is 0.202. The van der Waals surface area contributed by atoms with Gasteiger partial charge in [0.25, 0.3) is 0 Å². The van der Waals surface area contributed by atoms with Gasteiger partial charge in [0.1, 0.15) is 5.01 Å². The van der Waals surface area contributed by atoms with Crippen molar-refractivity contribution < 1.29 is 5.11 Å². The van der Waals surface area contributed by atoms with E-state index in [9.17, 15) is 5.11 Å². The molecule has 2 aromatic rings. The molecule has 0 saturated carbocycles. The van der Waals surface area contributed by atoms with Gasteiger partial charge in [-0.2, -0.15) is 0 Å². The summed E-state index contributed by atoms with van der Waals surface area (Å²) >= 11 is 3.41. The zero-order chi connectivity index (χ0) is 13.1. The van der Waals surface area contributed by atoms with Crippen LogP contribution in [0.2, 0.25) is 0 Å². The zero-order valence-electron chi connectivity index (χ0n) is 10.8. The van der Waals surface area contributed by atoms with Crippen LogP contribution in [0.3, 0.4) is 0 Å². The molecular weight excluding hydrogens is 262 g/mol. The lowest BCUT2D eigenvalue weighted by Gasteiger charge is -2.00. The Hall–Kier alpha value is -0.840. The van der Waals surface area contributed by atoms with Gasteiger partial charge in [0, 0.05) is 10.5 Å². The maximum absolute atomic E-state index is 9.65. The van der Waals surface area contributed by atoms with Crippen LogP contribution in [0, 0.1) is 6.92 Å². The fraction of sp³-hybridized carbons (Fsp3) is 0.357. The Morgan fingerprint density at radius 1 is 1.33 bits per heavy atom. The van der Waals surface area contributed by atoms with E-state index < -0.39 is 6.10 Å². The molecule has 4 heteroatoms. The number of benzene rings is 1. The molecule has 0 radical (unpaired) electrons. The highest BCUT2D eigenvalue weighted by molar-refractivity contribution is 7.99. The normalized spacial score (nSPS) is 12.7. The summed E-state index contributed by atoms with van der Waals surface area (Å²) in [5.41, 5.74) is 2.05. The third-order valence-electron chi connectivity index (χ3n) is 2.62. The summed E-state index contributed by atoms with van der Waals surface area (Å²) in [7, 11) is 0. The van der Waals surface area contributed by atoms with Crippen molar-refractivity contribution in [1.82, 2.24) is 4.98 Å². The van der Waals surface area contributed by atoms with Gasteiger partial charge in [-0.1, -0.05) is 19.1 Å². The summed E-state index contributed by atoms with van der Waals surface area (Å²) in [4.78, 5) is 6.77. The Morgan fingerprint density at radius 2 is 2.00 bits per heavy atom. The fourth-order valence-corrected chi connectivity index (χ4v) is 3.45. The predicted molar refractivity (Wildman–Crippen MR) is 79.3 cm³/mol. The van der Waals surface area contributed by atoms with E-state index in [-0.39, 0.29) is 0 Å². The SMILES string of the molecule is CCSc1ccc(-c2nc(C)c(C(C)O)s2)cc1. The van der Waals surface area contributed by atoms with Crippen molar-refractivity contribution in [2.45, 2.75) is 31.8 Å². The molecule has 0 aliphatic heterocycles. The summed E-state index contributed by atoms with van der Waals surface area (Å²) in [6, 6.07) is 8.45. The number of aliphatic hydroxyl groups is 1. The van der Waals surface area contributed by atoms with Crippen LogP contribution < -0.4 is 0 Å². The van der Waals surface area contributed by atoms with Crippen LogP contribution in [0.5, 0.6) is 0 Å². The molecule has 0 spiro atoms. The minimum atomic E-state index is -0.439. The number of nitrogens with zero attached hydrogens (tertiary/aromatic N) is 1. The molecule has 1 N–H and O–H groups in total. The number of thiazole rings is 1. The van der Waals surface area contributed by atoms with E-state index in [1.807, 2.05) is 18.7 Å². The van der Waals surface area contributed by atoms with E-state index in [1.54, 1.807) is 18.3 Å². The van der Waals surface area contributed by atoms with Gasteiger partial charge in [0.05, 0.1) is 16.7 Å². The van der Waals surface area contributed by atoms with Crippen LogP contribution in [-0.2, 0) is 0 Å². The smallest absolute Gasteiger partial charge is 0.123 e. The van der Waals surface area contributed by atoms with Crippen LogP contribution in [0.15, 0.2) is 29.2 Å². The van der Waals surface area contributed by atoms with Crippen LogP contribution >= 0.6 is 23.1 Å². The van der Waals surface area contributed by atoms with Crippen molar-refractivity contribution in [1.29, 1.82) is 0 Å². The number of thioether (sulfide) groups is 1. The lowest BCUT2D eigenvalue weighted by atomic mass is 10.2. The molecule has 1 atom stereocenters. The maximum Gasteiger partial charge on any atom is 0.123 e. The fourth-order valence-electron chi connectivity index (χ4n) is 1.78. The van der Waals surface area contributed by atoms with Gasteiger partial charge < -0.3 is 5.11 Å². The zero-order valence-corrected chi connectivity index (χ0v) is 12.4. The first-order valence-corrected chi connectivity index (χ1v) is 7.80. The molecule has 1 aromatic carbocycles. The Balaban J connectivity index is 2.28. The van der Waals surface area contributed by atoms with Crippen LogP contribution in [0.25, 0.3) is 10.6 Å². The molecule has 0 aliphatic carbocycles. The third-order valence-corrected chi connectivity index (χ3v) is 4.90. The predicted octanol–water partition coefficient (Wildman–Crippen LogP) is 4.28. The Labute approximate surface area is 116 Å². The average Bonchev–Trinajstić information content (AvgIpc) is 2.73. The lowest BCUT2D eigenvalue weighted by Crippen LogP contribution is -1.88. The molecule has 2 nitrogen and oxygen atoms in total. The molecule has 1 heterocycles. The number of aliphatic hydroxyl groups excluding tert-OH is 1. The summed E-state index contributed by atoms with van der Waals surface area (Å²) in [6.07, 6.45) is -0.439. The average molecular weight is 279 g/mol. The second kappa shape index (κ2) is 5.87.